The molecule has 3 N–H and O–H groups in total. The highest BCUT2D eigenvalue weighted by Gasteiger charge is 2.46. The van der Waals surface area contributed by atoms with E-state index in [1.807, 2.05) is 0 Å². The third-order valence-corrected chi connectivity index (χ3v) is 4.90. The maximum absolute atomic E-state index is 13.1. The molecule has 0 spiro atoms. The van der Waals surface area contributed by atoms with Gasteiger partial charge in [0.2, 0.25) is 0 Å². The van der Waals surface area contributed by atoms with Gasteiger partial charge in [0, 0.05) is 13.2 Å². The molecule has 0 aromatic carbocycles. The van der Waals surface area contributed by atoms with Gasteiger partial charge >= 0.3 is 6.18 Å². The summed E-state index contributed by atoms with van der Waals surface area (Å²) >= 11 is 0. The molecule has 1 saturated carbocycles. The zero-order chi connectivity index (χ0) is 18.2. The number of nitrogens with one attached hydrogen (secondary N) is 1. The van der Waals surface area contributed by atoms with Crippen LogP contribution >= 0.6 is 0 Å². The second kappa shape index (κ2) is 6.20. The second-order valence-electron chi connectivity index (χ2n) is 6.53. The summed E-state index contributed by atoms with van der Waals surface area (Å²) < 4.78 is 39.3. The van der Waals surface area contributed by atoms with Crippen LogP contribution in [0.5, 0.6) is 0 Å². The number of aromatic nitrogens is 2. The first-order valence-electron chi connectivity index (χ1n) is 8.16. The first-order chi connectivity index (χ1) is 11.8. The molecule has 0 bridgehead atoms. The smallest absolute Gasteiger partial charge is 0.368 e. The van der Waals surface area contributed by atoms with E-state index in [9.17, 15) is 18.0 Å². The van der Waals surface area contributed by atoms with Gasteiger partial charge in [0.15, 0.2) is 0 Å². The van der Waals surface area contributed by atoms with Gasteiger partial charge in [0.1, 0.15) is 17.2 Å². The van der Waals surface area contributed by atoms with E-state index in [0.29, 0.717) is 30.9 Å². The second-order valence-corrected chi connectivity index (χ2v) is 6.53. The molecule has 1 amide bonds. The number of carbonyl (C=O) groups excluding carboxylic acids is 1. The molecule has 0 saturated heterocycles. The number of rotatable bonds is 3. The Kier molecular flexibility index (Phi) is 4.34. The Balaban J connectivity index is 2.17. The van der Waals surface area contributed by atoms with Crippen molar-refractivity contribution in [3.05, 3.63) is 35.2 Å². The Morgan fingerprint density at radius 2 is 2.00 bits per heavy atom. The van der Waals surface area contributed by atoms with E-state index in [2.05, 4.69) is 15.3 Å². The van der Waals surface area contributed by atoms with Gasteiger partial charge < -0.3 is 16.0 Å². The Hall–Kier alpha value is -2.32. The number of amides is 1. The van der Waals surface area contributed by atoms with Crippen LogP contribution in [-0.4, -0.2) is 34.5 Å². The van der Waals surface area contributed by atoms with Crippen molar-refractivity contribution in [3.63, 3.8) is 0 Å². The molecule has 1 aromatic heterocycles. The van der Waals surface area contributed by atoms with E-state index in [1.54, 1.807) is 11.9 Å². The molecule has 136 valence electrons. The maximum atomic E-state index is 13.1. The van der Waals surface area contributed by atoms with E-state index in [4.69, 9.17) is 5.73 Å². The van der Waals surface area contributed by atoms with Crippen molar-refractivity contribution in [3.8, 4) is 0 Å². The number of hydrogen-bond acceptors (Lipinski definition) is 5. The van der Waals surface area contributed by atoms with Gasteiger partial charge in [-0.05, 0) is 18.9 Å². The number of allylic oxidation sites excluding steroid dienone is 1. The molecule has 6 nitrogen and oxygen atoms in total. The van der Waals surface area contributed by atoms with Gasteiger partial charge in [-0.25, -0.2) is 9.97 Å². The average molecular weight is 355 g/mol. The molecule has 3 rings (SSSR count). The molecule has 1 fully saturated rings. The van der Waals surface area contributed by atoms with E-state index in [-0.39, 0.29) is 5.82 Å². The molecular weight excluding hydrogens is 335 g/mol. The molecule has 9 heteroatoms. The van der Waals surface area contributed by atoms with Gasteiger partial charge in [0.25, 0.3) is 5.91 Å². The van der Waals surface area contributed by atoms with Crippen LogP contribution in [0, 0.1) is 0 Å². The van der Waals surface area contributed by atoms with Gasteiger partial charge in [0.05, 0.1) is 17.8 Å². The summed E-state index contributed by atoms with van der Waals surface area (Å²) in [6, 6.07) is 0.859. The standard InChI is InChI=1S/C16H20F3N5O/c1-24-9-22-12(11(24)13(20)25)15(6-3-2-4-7-15)14-21-8-5-10(23-14)16(17,18)19/h5,8,22H,2-4,6-7,9H2,1H3,(H2,20,25). The molecule has 2 heterocycles. The number of halogens is 3. The summed E-state index contributed by atoms with van der Waals surface area (Å²) in [6.07, 6.45) is 0.346. The van der Waals surface area contributed by atoms with Gasteiger partial charge in [-0.1, -0.05) is 19.3 Å². The lowest BCUT2D eigenvalue weighted by molar-refractivity contribution is -0.141. The Bertz CT molecular complexity index is 710. The zero-order valence-corrected chi connectivity index (χ0v) is 13.9. The number of likely N-dealkylation sites (N-methyl/N-ethyl adjacent to an activating group) is 1. The highest BCUT2D eigenvalue weighted by Crippen LogP contribution is 2.45. The predicted molar refractivity (Wildman–Crippen MR) is 83.8 cm³/mol. The summed E-state index contributed by atoms with van der Waals surface area (Å²) in [5.74, 6) is -0.516. The summed E-state index contributed by atoms with van der Waals surface area (Å²) in [4.78, 5) is 21.6. The van der Waals surface area contributed by atoms with Crippen LogP contribution in [0.2, 0.25) is 0 Å². The molecule has 0 radical (unpaired) electrons. The fraction of sp³-hybridized carbons (Fsp3) is 0.562. The summed E-state index contributed by atoms with van der Waals surface area (Å²) in [5.41, 5.74) is 4.53. The number of carbonyl (C=O) groups is 1. The van der Waals surface area contributed by atoms with Crippen LogP contribution in [-0.2, 0) is 16.4 Å². The minimum atomic E-state index is -4.55. The lowest BCUT2D eigenvalue weighted by atomic mass is 9.70. The highest BCUT2D eigenvalue weighted by molar-refractivity contribution is 5.93. The van der Waals surface area contributed by atoms with E-state index in [0.717, 1.165) is 31.5 Å². The van der Waals surface area contributed by atoms with E-state index < -0.39 is 23.2 Å². The molecule has 1 aliphatic carbocycles. The van der Waals surface area contributed by atoms with Crippen LogP contribution in [0.3, 0.4) is 0 Å². The Morgan fingerprint density at radius 1 is 1.32 bits per heavy atom. The Labute approximate surface area is 143 Å². The third-order valence-electron chi connectivity index (χ3n) is 4.90. The average Bonchev–Trinajstić information content (AvgIpc) is 2.97. The number of nitrogens with zero attached hydrogens (tertiary/aromatic N) is 3. The van der Waals surface area contributed by atoms with Crippen molar-refractivity contribution in [2.24, 2.45) is 5.73 Å². The number of hydrogen-bond donors (Lipinski definition) is 2. The third kappa shape index (κ3) is 3.03. The molecule has 25 heavy (non-hydrogen) atoms. The first kappa shape index (κ1) is 17.5. The van der Waals surface area contributed by atoms with Crippen LogP contribution in [0.15, 0.2) is 23.7 Å². The summed E-state index contributed by atoms with van der Waals surface area (Å²) in [7, 11) is 1.71. The highest BCUT2D eigenvalue weighted by atomic mass is 19.4. The molecule has 0 atom stereocenters. The number of nitrogens with two attached hydrogens (primary N) is 1. The summed E-state index contributed by atoms with van der Waals surface area (Å²) in [6.45, 7) is 0.369. The number of alkyl halides is 3. The molecule has 0 unspecified atom stereocenters. The minimum absolute atomic E-state index is 0.0959. The van der Waals surface area contributed by atoms with Crippen molar-refractivity contribution in [2.45, 2.75) is 43.7 Å². The molecular formula is C16H20F3N5O. The van der Waals surface area contributed by atoms with Crippen LogP contribution < -0.4 is 11.1 Å². The topological polar surface area (TPSA) is 84.1 Å². The largest absolute Gasteiger partial charge is 0.433 e. The van der Waals surface area contributed by atoms with Crippen LogP contribution in [0.25, 0.3) is 0 Å². The van der Waals surface area contributed by atoms with Crippen molar-refractivity contribution >= 4 is 5.91 Å². The molecule has 2 aliphatic rings. The van der Waals surface area contributed by atoms with Gasteiger partial charge in [-0.2, -0.15) is 13.2 Å². The minimum Gasteiger partial charge on any atom is -0.368 e. The fourth-order valence-corrected chi connectivity index (χ4v) is 3.75. The lowest BCUT2D eigenvalue weighted by Gasteiger charge is -2.37. The Morgan fingerprint density at radius 3 is 2.60 bits per heavy atom. The van der Waals surface area contributed by atoms with E-state index in [1.165, 1.54) is 0 Å². The number of primary amides is 1. The fourth-order valence-electron chi connectivity index (χ4n) is 3.75. The first-order valence-corrected chi connectivity index (χ1v) is 8.16. The van der Waals surface area contributed by atoms with Gasteiger partial charge in [-0.15, -0.1) is 0 Å². The van der Waals surface area contributed by atoms with Crippen LogP contribution in [0.4, 0.5) is 13.2 Å². The summed E-state index contributed by atoms with van der Waals surface area (Å²) in [5, 5.41) is 3.15. The monoisotopic (exact) mass is 355 g/mol. The normalized spacial score (nSPS) is 20.6. The predicted octanol–water partition coefficient (Wildman–Crippen LogP) is 1.89. The molecule has 1 aromatic rings. The van der Waals surface area contributed by atoms with Crippen molar-refractivity contribution in [2.75, 3.05) is 13.7 Å². The van der Waals surface area contributed by atoms with E-state index >= 15 is 0 Å². The zero-order valence-electron chi connectivity index (χ0n) is 13.9. The van der Waals surface area contributed by atoms with Crippen molar-refractivity contribution < 1.29 is 18.0 Å². The van der Waals surface area contributed by atoms with Gasteiger partial charge in [-0.3, -0.25) is 4.79 Å². The molecule has 1 aliphatic heterocycles. The van der Waals surface area contributed by atoms with Crippen LogP contribution in [0.1, 0.15) is 43.6 Å². The van der Waals surface area contributed by atoms with Crippen molar-refractivity contribution in [1.29, 1.82) is 0 Å². The van der Waals surface area contributed by atoms with Crippen molar-refractivity contribution in [1.82, 2.24) is 20.2 Å². The quantitative estimate of drug-likeness (QED) is 0.865. The SMILES string of the molecule is CN1CNC(C2(c3nccc(C(F)(F)F)n3)CCCCC2)=C1C(N)=O. The lowest BCUT2D eigenvalue weighted by Crippen LogP contribution is -2.39. The maximum Gasteiger partial charge on any atom is 0.433 e.